The van der Waals surface area contributed by atoms with Crippen LogP contribution in [0.25, 0.3) is 0 Å². The van der Waals surface area contributed by atoms with Gasteiger partial charge in [-0.25, -0.2) is 4.98 Å². The van der Waals surface area contributed by atoms with Crippen molar-refractivity contribution < 1.29 is 13.9 Å². The molecule has 0 saturated carbocycles. The lowest BCUT2D eigenvalue weighted by molar-refractivity contribution is -0.130. The van der Waals surface area contributed by atoms with Crippen molar-refractivity contribution in [3.8, 4) is 0 Å². The van der Waals surface area contributed by atoms with Crippen LogP contribution in [-0.4, -0.2) is 17.0 Å². The van der Waals surface area contributed by atoms with E-state index in [2.05, 4.69) is 9.72 Å². The van der Waals surface area contributed by atoms with E-state index in [4.69, 9.17) is 16.0 Å². The molecule has 0 aliphatic carbocycles. The van der Waals surface area contributed by atoms with Gasteiger partial charge in [0.25, 0.3) is 6.47 Å². The third-order valence-corrected chi connectivity index (χ3v) is 1.31. The molecule has 60 valence electrons. The van der Waals surface area contributed by atoms with Crippen LogP contribution < -0.4 is 0 Å². The molecule has 1 heterocycles. The van der Waals surface area contributed by atoms with Crippen LogP contribution in [0.1, 0.15) is 5.76 Å². The molecule has 1 unspecified atom stereocenters. The Hall–Kier alpha value is -1.03. The first kappa shape index (κ1) is 8.07. The molecule has 0 fully saturated rings. The zero-order chi connectivity index (χ0) is 8.10. The standard InChI is InChI=1S/C6H6ClNO3/c7-6(11-4-9)1-5-2-8-3-10-5/h2-4,6H,1H2. The van der Waals surface area contributed by atoms with Crippen LogP contribution in [0.5, 0.6) is 0 Å². The van der Waals surface area contributed by atoms with Crippen molar-refractivity contribution >= 4 is 18.1 Å². The summed E-state index contributed by atoms with van der Waals surface area (Å²) >= 11 is 5.53. The Bertz CT molecular complexity index is 212. The highest BCUT2D eigenvalue weighted by molar-refractivity contribution is 6.20. The van der Waals surface area contributed by atoms with E-state index in [-0.39, 0.29) is 0 Å². The van der Waals surface area contributed by atoms with E-state index in [0.29, 0.717) is 18.7 Å². The average Bonchev–Trinajstić information content (AvgIpc) is 2.40. The van der Waals surface area contributed by atoms with Crippen molar-refractivity contribution in [1.82, 2.24) is 4.98 Å². The van der Waals surface area contributed by atoms with Crippen molar-refractivity contribution in [2.75, 3.05) is 0 Å². The van der Waals surface area contributed by atoms with Crippen LogP contribution in [-0.2, 0) is 16.0 Å². The fraction of sp³-hybridized carbons (Fsp3) is 0.333. The van der Waals surface area contributed by atoms with Gasteiger partial charge < -0.3 is 9.15 Å². The molecule has 0 aromatic carbocycles. The van der Waals surface area contributed by atoms with Gasteiger partial charge in [-0.15, -0.1) is 0 Å². The number of ether oxygens (including phenoxy) is 1. The first-order valence-corrected chi connectivity index (χ1v) is 3.37. The third kappa shape index (κ3) is 2.59. The highest BCUT2D eigenvalue weighted by atomic mass is 35.5. The summed E-state index contributed by atoms with van der Waals surface area (Å²) in [5.74, 6) is 0.590. The Morgan fingerprint density at radius 1 is 1.91 bits per heavy atom. The summed E-state index contributed by atoms with van der Waals surface area (Å²) in [6.45, 7) is 0.300. The van der Waals surface area contributed by atoms with E-state index < -0.39 is 5.56 Å². The lowest BCUT2D eigenvalue weighted by atomic mass is 10.4. The van der Waals surface area contributed by atoms with Crippen LogP contribution in [0.2, 0.25) is 0 Å². The average molecular weight is 176 g/mol. The monoisotopic (exact) mass is 175 g/mol. The van der Waals surface area contributed by atoms with Crippen LogP contribution in [0, 0.1) is 0 Å². The van der Waals surface area contributed by atoms with Crippen molar-refractivity contribution in [2.24, 2.45) is 0 Å². The normalized spacial score (nSPS) is 12.5. The van der Waals surface area contributed by atoms with E-state index in [1.165, 1.54) is 12.6 Å². The molecule has 0 saturated heterocycles. The summed E-state index contributed by atoms with van der Waals surface area (Å²) < 4.78 is 9.27. The summed E-state index contributed by atoms with van der Waals surface area (Å²) in [5.41, 5.74) is -0.680. The number of halogens is 1. The van der Waals surface area contributed by atoms with Crippen LogP contribution in [0.4, 0.5) is 0 Å². The van der Waals surface area contributed by atoms with Gasteiger partial charge in [0.05, 0.1) is 12.6 Å². The lowest BCUT2D eigenvalue weighted by Crippen LogP contribution is -2.06. The SMILES string of the molecule is O=COC(Cl)Cc1cnco1. The van der Waals surface area contributed by atoms with Crippen LogP contribution in [0.3, 0.4) is 0 Å². The molecule has 11 heavy (non-hydrogen) atoms. The maximum absolute atomic E-state index is 9.79. The number of aromatic nitrogens is 1. The molecule has 0 N–H and O–H groups in total. The van der Waals surface area contributed by atoms with Crippen molar-refractivity contribution in [3.63, 3.8) is 0 Å². The highest BCUT2D eigenvalue weighted by Crippen LogP contribution is 2.07. The third-order valence-electron chi connectivity index (χ3n) is 1.05. The lowest BCUT2D eigenvalue weighted by Gasteiger charge is -2.02. The van der Waals surface area contributed by atoms with Gasteiger partial charge in [-0.05, 0) is 0 Å². The number of carbonyl (C=O) groups is 1. The van der Waals surface area contributed by atoms with Crippen LogP contribution in [0.15, 0.2) is 17.0 Å². The largest absolute Gasteiger partial charge is 0.448 e. The minimum Gasteiger partial charge on any atom is -0.448 e. The molecule has 0 spiro atoms. The molecule has 5 heteroatoms. The number of hydrogen-bond donors (Lipinski definition) is 0. The molecule has 0 radical (unpaired) electrons. The molecule has 4 nitrogen and oxygen atoms in total. The molecule has 1 aromatic rings. The Morgan fingerprint density at radius 3 is 3.27 bits per heavy atom. The molecule has 1 rings (SSSR count). The minimum atomic E-state index is -0.680. The predicted molar refractivity (Wildman–Crippen MR) is 37.0 cm³/mol. The fourth-order valence-electron chi connectivity index (χ4n) is 0.610. The van der Waals surface area contributed by atoms with Crippen LogP contribution >= 0.6 is 11.6 Å². The van der Waals surface area contributed by atoms with Gasteiger partial charge in [0.2, 0.25) is 0 Å². The Kier molecular flexibility index (Phi) is 2.92. The van der Waals surface area contributed by atoms with Gasteiger partial charge in [0.15, 0.2) is 12.0 Å². The number of nitrogens with zero attached hydrogens (tertiary/aromatic N) is 1. The van der Waals surface area contributed by atoms with Gasteiger partial charge in [-0.2, -0.15) is 0 Å². The smallest absolute Gasteiger partial charge is 0.294 e. The Balaban J connectivity index is 2.37. The topological polar surface area (TPSA) is 52.3 Å². The fourth-order valence-corrected chi connectivity index (χ4v) is 0.804. The van der Waals surface area contributed by atoms with Gasteiger partial charge >= 0.3 is 0 Å². The van der Waals surface area contributed by atoms with E-state index >= 15 is 0 Å². The first-order chi connectivity index (χ1) is 5.33. The number of carbonyl (C=O) groups excluding carboxylic acids is 1. The zero-order valence-corrected chi connectivity index (χ0v) is 6.32. The molecule has 0 aliphatic rings. The van der Waals surface area contributed by atoms with Crippen molar-refractivity contribution in [3.05, 3.63) is 18.4 Å². The first-order valence-electron chi connectivity index (χ1n) is 2.93. The molecular weight excluding hydrogens is 170 g/mol. The molecule has 0 amide bonds. The van der Waals surface area contributed by atoms with Gasteiger partial charge in [-0.3, -0.25) is 4.79 Å². The Labute approximate surface area is 68.1 Å². The van der Waals surface area contributed by atoms with Crippen molar-refractivity contribution in [1.29, 1.82) is 0 Å². The number of alkyl halides is 1. The second-order valence-corrected chi connectivity index (χ2v) is 2.30. The van der Waals surface area contributed by atoms with Gasteiger partial charge in [-0.1, -0.05) is 11.6 Å². The van der Waals surface area contributed by atoms with E-state index in [1.54, 1.807) is 0 Å². The number of rotatable bonds is 4. The molecule has 1 aromatic heterocycles. The highest BCUT2D eigenvalue weighted by Gasteiger charge is 2.07. The molecule has 1 atom stereocenters. The summed E-state index contributed by atoms with van der Waals surface area (Å²) in [5, 5.41) is 0. The Morgan fingerprint density at radius 2 is 2.73 bits per heavy atom. The molecular formula is C6H6ClNO3. The maximum atomic E-state index is 9.79. The van der Waals surface area contributed by atoms with E-state index in [9.17, 15) is 4.79 Å². The van der Waals surface area contributed by atoms with Crippen molar-refractivity contribution in [2.45, 2.75) is 12.0 Å². The minimum absolute atomic E-state index is 0.300. The van der Waals surface area contributed by atoms with E-state index in [0.717, 1.165) is 0 Å². The summed E-state index contributed by atoms with van der Waals surface area (Å²) in [7, 11) is 0. The zero-order valence-electron chi connectivity index (χ0n) is 5.57. The predicted octanol–water partition coefficient (Wildman–Crippen LogP) is 0.955. The van der Waals surface area contributed by atoms with E-state index in [1.807, 2.05) is 0 Å². The number of hydrogen-bond acceptors (Lipinski definition) is 4. The summed E-state index contributed by atoms with van der Waals surface area (Å²) in [6, 6.07) is 0. The second-order valence-electron chi connectivity index (χ2n) is 1.81. The van der Waals surface area contributed by atoms with Gasteiger partial charge in [0.1, 0.15) is 5.76 Å². The number of oxazole rings is 1. The maximum Gasteiger partial charge on any atom is 0.294 e. The quantitative estimate of drug-likeness (QED) is 0.505. The summed E-state index contributed by atoms with van der Waals surface area (Å²) in [6.07, 6.45) is 3.14. The molecule has 0 bridgehead atoms. The van der Waals surface area contributed by atoms with Gasteiger partial charge in [0, 0.05) is 0 Å². The summed E-state index contributed by atoms with van der Waals surface area (Å²) in [4.78, 5) is 13.5. The molecule has 0 aliphatic heterocycles. The second kappa shape index (κ2) is 3.98.